The third-order valence-corrected chi connectivity index (χ3v) is 4.19. The van der Waals surface area contributed by atoms with Crippen LogP contribution >= 0.6 is 11.6 Å². The Labute approximate surface area is 144 Å². The van der Waals surface area contributed by atoms with Crippen molar-refractivity contribution in [3.63, 3.8) is 0 Å². The van der Waals surface area contributed by atoms with E-state index in [9.17, 15) is 9.90 Å². The SMILES string of the molecule is O=C(c1ccc(CO)o1)N1CC[C@@H](Oc2ccc(Cl)cc2)[C@H](O)C1. The van der Waals surface area contributed by atoms with Crippen molar-refractivity contribution in [2.24, 2.45) is 0 Å². The number of furan rings is 1. The third kappa shape index (κ3) is 3.72. The van der Waals surface area contributed by atoms with E-state index >= 15 is 0 Å². The van der Waals surface area contributed by atoms with E-state index in [0.717, 1.165) is 0 Å². The molecule has 7 heteroatoms. The summed E-state index contributed by atoms with van der Waals surface area (Å²) < 4.78 is 11.0. The van der Waals surface area contributed by atoms with Crippen molar-refractivity contribution in [1.82, 2.24) is 4.90 Å². The molecule has 1 aromatic carbocycles. The van der Waals surface area contributed by atoms with Crippen LogP contribution in [-0.2, 0) is 6.61 Å². The lowest BCUT2D eigenvalue weighted by Crippen LogP contribution is -2.50. The van der Waals surface area contributed by atoms with Gasteiger partial charge in [-0.3, -0.25) is 4.79 Å². The van der Waals surface area contributed by atoms with Gasteiger partial charge in [0, 0.05) is 18.0 Å². The van der Waals surface area contributed by atoms with Gasteiger partial charge in [-0.05, 0) is 36.4 Å². The minimum Gasteiger partial charge on any atom is -0.488 e. The van der Waals surface area contributed by atoms with E-state index in [1.807, 2.05) is 0 Å². The Kier molecular flexibility index (Phi) is 5.08. The molecule has 1 aliphatic heterocycles. The number of carbonyl (C=O) groups is 1. The minimum atomic E-state index is -0.800. The summed E-state index contributed by atoms with van der Waals surface area (Å²) in [5.74, 6) is 0.809. The van der Waals surface area contributed by atoms with Crippen molar-refractivity contribution >= 4 is 17.5 Å². The highest BCUT2D eigenvalue weighted by atomic mass is 35.5. The lowest BCUT2D eigenvalue weighted by atomic mass is 10.0. The van der Waals surface area contributed by atoms with E-state index in [1.165, 1.54) is 11.0 Å². The van der Waals surface area contributed by atoms with Crippen LogP contribution in [0.1, 0.15) is 22.7 Å². The van der Waals surface area contributed by atoms with Gasteiger partial charge in [-0.1, -0.05) is 11.6 Å². The molecule has 3 rings (SSSR count). The zero-order valence-electron chi connectivity index (χ0n) is 12.9. The van der Waals surface area contributed by atoms with Gasteiger partial charge in [0.1, 0.15) is 30.3 Å². The number of amides is 1. The number of piperidine rings is 1. The highest BCUT2D eigenvalue weighted by Gasteiger charge is 2.33. The second kappa shape index (κ2) is 7.25. The van der Waals surface area contributed by atoms with Crippen LogP contribution in [0.3, 0.4) is 0 Å². The molecule has 2 aromatic rings. The Morgan fingerprint density at radius 1 is 1.29 bits per heavy atom. The number of hydrogen-bond acceptors (Lipinski definition) is 5. The number of likely N-dealkylation sites (tertiary alicyclic amines) is 1. The van der Waals surface area contributed by atoms with E-state index in [0.29, 0.717) is 29.5 Å². The maximum atomic E-state index is 12.4. The Balaban J connectivity index is 1.60. The highest BCUT2D eigenvalue weighted by Crippen LogP contribution is 2.22. The number of aliphatic hydroxyl groups excluding tert-OH is 2. The van der Waals surface area contributed by atoms with Gasteiger partial charge < -0.3 is 24.3 Å². The molecule has 24 heavy (non-hydrogen) atoms. The fourth-order valence-corrected chi connectivity index (χ4v) is 2.78. The number of nitrogens with zero attached hydrogens (tertiary/aromatic N) is 1. The Hall–Kier alpha value is -2.02. The molecule has 0 spiro atoms. The predicted octanol–water partition coefficient (Wildman–Crippen LogP) is 2.08. The normalized spacial score (nSPS) is 20.9. The molecule has 2 atom stereocenters. The van der Waals surface area contributed by atoms with Gasteiger partial charge in [0.05, 0.1) is 6.54 Å². The van der Waals surface area contributed by atoms with E-state index in [4.69, 9.17) is 25.9 Å². The summed E-state index contributed by atoms with van der Waals surface area (Å²) in [6, 6.07) is 10.0. The van der Waals surface area contributed by atoms with E-state index < -0.39 is 6.10 Å². The number of rotatable bonds is 4. The fraction of sp³-hybridized carbons (Fsp3) is 0.353. The smallest absolute Gasteiger partial charge is 0.289 e. The standard InChI is InChI=1S/C17H18ClNO5/c18-11-1-3-12(4-2-11)23-15-7-8-19(9-14(15)21)17(22)16-6-5-13(10-20)24-16/h1-6,14-15,20-21H,7-10H2/t14-,15-/m1/s1. The van der Waals surface area contributed by atoms with Crippen LogP contribution in [0.25, 0.3) is 0 Å². The first-order valence-corrected chi connectivity index (χ1v) is 8.04. The fourth-order valence-electron chi connectivity index (χ4n) is 2.65. The van der Waals surface area contributed by atoms with Crippen LogP contribution in [0, 0.1) is 0 Å². The molecule has 2 heterocycles. The molecule has 128 valence electrons. The van der Waals surface area contributed by atoms with Crippen molar-refractivity contribution in [3.05, 3.63) is 52.9 Å². The average Bonchev–Trinajstić information content (AvgIpc) is 3.07. The number of carbonyl (C=O) groups excluding carboxylic acids is 1. The van der Waals surface area contributed by atoms with Crippen molar-refractivity contribution < 1.29 is 24.2 Å². The quantitative estimate of drug-likeness (QED) is 0.881. The molecule has 1 saturated heterocycles. The number of halogens is 1. The number of β-amino-alcohol motifs (C(OH)–C–C–N with tert-alkyl or cyclic N) is 1. The second-order valence-corrected chi connectivity index (χ2v) is 6.08. The summed E-state index contributed by atoms with van der Waals surface area (Å²) in [5.41, 5.74) is 0. The lowest BCUT2D eigenvalue weighted by molar-refractivity contribution is -0.0207. The van der Waals surface area contributed by atoms with Crippen LogP contribution in [-0.4, -0.2) is 46.3 Å². The van der Waals surface area contributed by atoms with Gasteiger partial charge in [-0.15, -0.1) is 0 Å². The maximum absolute atomic E-state index is 12.4. The predicted molar refractivity (Wildman–Crippen MR) is 87.0 cm³/mol. The molecule has 6 nitrogen and oxygen atoms in total. The maximum Gasteiger partial charge on any atom is 0.289 e. The number of benzene rings is 1. The van der Waals surface area contributed by atoms with Gasteiger partial charge in [0.2, 0.25) is 0 Å². The van der Waals surface area contributed by atoms with Crippen molar-refractivity contribution in [2.45, 2.75) is 25.2 Å². The first kappa shape index (κ1) is 16.8. The van der Waals surface area contributed by atoms with Gasteiger partial charge >= 0.3 is 0 Å². The molecular formula is C17H18ClNO5. The highest BCUT2D eigenvalue weighted by molar-refractivity contribution is 6.30. The van der Waals surface area contributed by atoms with E-state index in [-0.39, 0.29) is 30.9 Å². The van der Waals surface area contributed by atoms with Gasteiger partial charge in [0.15, 0.2) is 5.76 Å². The molecule has 1 aliphatic rings. The van der Waals surface area contributed by atoms with Gasteiger partial charge in [-0.2, -0.15) is 0 Å². The minimum absolute atomic E-state index is 0.156. The topological polar surface area (TPSA) is 83.1 Å². The molecule has 0 unspecified atom stereocenters. The first-order chi connectivity index (χ1) is 11.6. The summed E-state index contributed by atoms with van der Waals surface area (Å²) in [4.78, 5) is 13.9. The first-order valence-electron chi connectivity index (χ1n) is 7.66. The zero-order chi connectivity index (χ0) is 17.1. The molecular weight excluding hydrogens is 334 g/mol. The largest absolute Gasteiger partial charge is 0.488 e. The van der Waals surface area contributed by atoms with Crippen molar-refractivity contribution in [2.75, 3.05) is 13.1 Å². The van der Waals surface area contributed by atoms with Crippen LogP contribution in [0.4, 0.5) is 0 Å². The summed E-state index contributed by atoms with van der Waals surface area (Å²) >= 11 is 5.83. The molecule has 0 aliphatic carbocycles. The second-order valence-electron chi connectivity index (χ2n) is 5.64. The molecule has 0 radical (unpaired) electrons. The van der Waals surface area contributed by atoms with Crippen LogP contribution in [0.5, 0.6) is 5.75 Å². The van der Waals surface area contributed by atoms with Crippen LogP contribution in [0.15, 0.2) is 40.8 Å². The zero-order valence-corrected chi connectivity index (χ0v) is 13.6. The van der Waals surface area contributed by atoms with E-state index in [2.05, 4.69) is 0 Å². The Bertz CT molecular complexity index is 699. The third-order valence-electron chi connectivity index (χ3n) is 3.94. The summed E-state index contributed by atoms with van der Waals surface area (Å²) in [6.45, 7) is 0.350. The summed E-state index contributed by atoms with van der Waals surface area (Å²) in [6.07, 6.45) is -0.686. The van der Waals surface area contributed by atoms with Crippen LogP contribution in [0.2, 0.25) is 5.02 Å². The van der Waals surface area contributed by atoms with E-state index in [1.54, 1.807) is 30.3 Å². The summed E-state index contributed by atoms with van der Waals surface area (Å²) in [7, 11) is 0. The molecule has 0 bridgehead atoms. The molecule has 2 N–H and O–H groups in total. The summed E-state index contributed by atoms with van der Waals surface area (Å²) in [5, 5.41) is 19.9. The molecule has 1 fully saturated rings. The number of ether oxygens (including phenoxy) is 1. The van der Waals surface area contributed by atoms with Gasteiger partial charge in [-0.25, -0.2) is 0 Å². The molecule has 0 saturated carbocycles. The Morgan fingerprint density at radius 2 is 2.04 bits per heavy atom. The average molecular weight is 352 g/mol. The monoisotopic (exact) mass is 351 g/mol. The number of hydrogen-bond donors (Lipinski definition) is 2. The van der Waals surface area contributed by atoms with Crippen molar-refractivity contribution in [3.8, 4) is 5.75 Å². The molecule has 1 aromatic heterocycles. The van der Waals surface area contributed by atoms with Gasteiger partial charge in [0.25, 0.3) is 5.91 Å². The lowest BCUT2D eigenvalue weighted by Gasteiger charge is -2.35. The van der Waals surface area contributed by atoms with Crippen LogP contribution < -0.4 is 4.74 Å². The van der Waals surface area contributed by atoms with Crippen molar-refractivity contribution in [1.29, 1.82) is 0 Å². The molecule has 1 amide bonds. The number of aliphatic hydroxyl groups is 2. The Morgan fingerprint density at radius 3 is 2.67 bits per heavy atom.